The number of nitrogens with one attached hydrogen (secondary N) is 2. The highest BCUT2D eigenvalue weighted by Gasteiger charge is 2.52. The van der Waals surface area contributed by atoms with Crippen molar-refractivity contribution in [3.63, 3.8) is 0 Å². The van der Waals surface area contributed by atoms with E-state index < -0.39 is 11.6 Å². The predicted molar refractivity (Wildman–Crippen MR) is 82.6 cm³/mol. The summed E-state index contributed by atoms with van der Waals surface area (Å²) in [6, 6.07) is -0.447. The Kier molecular flexibility index (Phi) is 4.57. The highest BCUT2D eigenvalue weighted by Crippen LogP contribution is 2.36. The summed E-state index contributed by atoms with van der Waals surface area (Å²) in [7, 11) is 0. The average molecular weight is 323 g/mol. The van der Waals surface area contributed by atoms with Crippen LogP contribution in [0.3, 0.4) is 0 Å². The quantitative estimate of drug-likeness (QED) is 0.749. The van der Waals surface area contributed by atoms with E-state index in [9.17, 15) is 14.4 Å². The smallest absolute Gasteiger partial charge is 0.325 e. The van der Waals surface area contributed by atoms with Crippen molar-refractivity contribution in [3.8, 4) is 0 Å². The lowest BCUT2D eigenvalue weighted by molar-refractivity contribution is -0.136. The van der Waals surface area contributed by atoms with Gasteiger partial charge in [0.2, 0.25) is 5.91 Å². The normalized spacial score (nSPS) is 34.0. The number of hydrogen-bond donors (Lipinski definition) is 2. The SMILES string of the molecule is CC1CCC2(CC1)NC(=O)N(CC(=O)NC[C@H]1CCCO1)C2=O. The molecule has 1 saturated carbocycles. The summed E-state index contributed by atoms with van der Waals surface area (Å²) >= 11 is 0. The van der Waals surface area contributed by atoms with E-state index in [-0.39, 0.29) is 24.5 Å². The van der Waals surface area contributed by atoms with Crippen molar-refractivity contribution in [2.75, 3.05) is 19.7 Å². The number of rotatable bonds is 4. The maximum absolute atomic E-state index is 12.6. The molecule has 0 aromatic heterocycles. The molecule has 2 heterocycles. The van der Waals surface area contributed by atoms with Crippen LogP contribution in [-0.2, 0) is 14.3 Å². The van der Waals surface area contributed by atoms with Gasteiger partial charge in [0.15, 0.2) is 0 Å². The number of urea groups is 1. The van der Waals surface area contributed by atoms with E-state index in [4.69, 9.17) is 4.74 Å². The Balaban J connectivity index is 1.54. The first-order valence-electron chi connectivity index (χ1n) is 8.52. The highest BCUT2D eigenvalue weighted by molar-refractivity contribution is 6.09. The summed E-state index contributed by atoms with van der Waals surface area (Å²) in [6.07, 6.45) is 5.16. The lowest BCUT2D eigenvalue weighted by atomic mass is 9.77. The number of nitrogens with zero attached hydrogens (tertiary/aromatic N) is 1. The Bertz CT molecular complexity index is 494. The van der Waals surface area contributed by atoms with E-state index in [1.54, 1.807) is 0 Å². The second-order valence-electron chi connectivity index (χ2n) is 7.03. The van der Waals surface area contributed by atoms with Crippen molar-refractivity contribution in [1.82, 2.24) is 15.5 Å². The fourth-order valence-electron chi connectivity index (χ4n) is 3.65. The van der Waals surface area contributed by atoms with Gasteiger partial charge in [-0.15, -0.1) is 0 Å². The summed E-state index contributed by atoms with van der Waals surface area (Å²) in [5.41, 5.74) is -0.779. The van der Waals surface area contributed by atoms with Crippen molar-refractivity contribution in [2.45, 2.75) is 57.1 Å². The van der Waals surface area contributed by atoms with E-state index >= 15 is 0 Å². The van der Waals surface area contributed by atoms with Crippen LogP contribution in [0.1, 0.15) is 45.4 Å². The zero-order valence-electron chi connectivity index (χ0n) is 13.6. The number of imide groups is 1. The summed E-state index contributed by atoms with van der Waals surface area (Å²) in [5.74, 6) is 0.0148. The van der Waals surface area contributed by atoms with Crippen LogP contribution < -0.4 is 10.6 Å². The van der Waals surface area contributed by atoms with Gasteiger partial charge in [-0.25, -0.2) is 4.79 Å². The van der Waals surface area contributed by atoms with Crippen LogP contribution in [0.15, 0.2) is 0 Å². The largest absolute Gasteiger partial charge is 0.376 e. The summed E-state index contributed by atoms with van der Waals surface area (Å²) in [4.78, 5) is 37.8. The summed E-state index contributed by atoms with van der Waals surface area (Å²) in [5, 5.41) is 5.58. The first-order valence-corrected chi connectivity index (χ1v) is 8.52. The maximum Gasteiger partial charge on any atom is 0.325 e. The van der Waals surface area contributed by atoms with Gasteiger partial charge < -0.3 is 15.4 Å². The third-order valence-electron chi connectivity index (χ3n) is 5.23. The van der Waals surface area contributed by atoms with Crippen LogP contribution in [0.4, 0.5) is 4.79 Å². The maximum atomic E-state index is 12.6. The minimum atomic E-state index is -0.779. The van der Waals surface area contributed by atoms with Gasteiger partial charge in [0.05, 0.1) is 6.10 Å². The number of ether oxygens (including phenoxy) is 1. The van der Waals surface area contributed by atoms with Crippen molar-refractivity contribution in [3.05, 3.63) is 0 Å². The molecular formula is C16H25N3O4. The van der Waals surface area contributed by atoms with Gasteiger partial charge >= 0.3 is 6.03 Å². The van der Waals surface area contributed by atoms with Crippen LogP contribution >= 0.6 is 0 Å². The zero-order chi connectivity index (χ0) is 16.4. The van der Waals surface area contributed by atoms with Gasteiger partial charge in [-0.3, -0.25) is 14.5 Å². The van der Waals surface area contributed by atoms with Crippen molar-refractivity contribution < 1.29 is 19.1 Å². The first kappa shape index (κ1) is 16.2. The molecule has 0 aromatic rings. The predicted octanol–water partition coefficient (Wildman–Crippen LogP) is 0.782. The molecule has 3 fully saturated rings. The molecule has 2 saturated heterocycles. The molecule has 23 heavy (non-hydrogen) atoms. The monoisotopic (exact) mass is 323 g/mol. The van der Waals surface area contributed by atoms with Crippen molar-refractivity contribution >= 4 is 17.8 Å². The lowest BCUT2D eigenvalue weighted by Gasteiger charge is -2.33. The standard InChI is InChI=1S/C16H25N3O4/c1-11-4-6-16(7-5-11)14(21)19(15(22)18-16)10-13(20)17-9-12-3-2-8-23-12/h11-12H,2-10H2,1H3,(H,17,20)(H,18,22)/t11?,12-,16?/m1/s1. The van der Waals surface area contributed by atoms with Crippen LogP contribution in [0.5, 0.6) is 0 Å². The third-order valence-corrected chi connectivity index (χ3v) is 5.23. The van der Waals surface area contributed by atoms with Crippen molar-refractivity contribution in [1.29, 1.82) is 0 Å². The van der Waals surface area contributed by atoms with Gasteiger partial charge in [-0.1, -0.05) is 6.92 Å². The summed E-state index contributed by atoms with van der Waals surface area (Å²) < 4.78 is 5.44. The molecule has 2 N–H and O–H groups in total. The molecule has 1 spiro atoms. The van der Waals surface area contributed by atoms with Gasteiger partial charge in [0, 0.05) is 13.2 Å². The van der Waals surface area contributed by atoms with Gasteiger partial charge in [0.1, 0.15) is 12.1 Å². The lowest BCUT2D eigenvalue weighted by Crippen LogP contribution is -2.50. The van der Waals surface area contributed by atoms with Crippen molar-refractivity contribution in [2.24, 2.45) is 5.92 Å². The van der Waals surface area contributed by atoms with Gasteiger partial charge in [0.25, 0.3) is 5.91 Å². The summed E-state index contributed by atoms with van der Waals surface area (Å²) in [6.45, 7) is 3.11. The molecule has 7 heteroatoms. The van der Waals surface area contributed by atoms with E-state index in [0.717, 1.165) is 37.2 Å². The first-order chi connectivity index (χ1) is 11.0. The number of hydrogen-bond acceptors (Lipinski definition) is 4. The highest BCUT2D eigenvalue weighted by atomic mass is 16.5. The number of amides is 4. The average Bonchev–Trinajstić information content (AvgIpc) is 3.12. The molecule has 0 unspecified atom stereocenters. The van der Waals surface area contributed by atoms with E-state index in [1.807, 2.05) is 0 Å². The Labute approximate surface area is 136 Å². The Hall–Kier alpha value is -1.63. The molecule has 0 bridgehead atoms. The molecule has 7 nitrogen and oxygen atoms in total. The fourth-order valence-corrected chi connectivity index (χ4v) is 3.65. The Morgan fingerprint density at radius 3 is 2.74 bits per heavy atom. The van der Waals surface area contributed by atoms with Crippen LogP contribution in [0, 0.1) is 5.92 Å². The molecule has 0 aromatic carbocycles. The molecule has 2 aliphatic heterocycles. The molecule has 1 aliphatic carbocycles. The minimum Gasteiger partial charge on any atom is -0.376 e. The van der Waals surface area contributed by atoms with Crippen LogP contribution in [0.25, 0.3) is 0 Å². The molecule has 3 aliphatic rings. The van der Waals surface area contributed by atoms with Crippen LogP contribution in [0.2, 0.25) is 0 Å². The molecular weight excluding hydrogens is 298 g/mol. The third kappa shape index (κ3) is 3.34. The van der Waals surface area contributed by atoms with E-state index in [1.165, 1.54) is 0 Å². The van der Waals surface area contributed by atoms with Gasteiger partial charge in [-0.05, 0) is 44.4 Å². The number of carbonyl (C=O) groups is 3. The fraction of sp³-hybridized carbons (Fsp3) is 0.812. The zero-order valence-corrected chi connectivity index (χ0v) is 13.6. The van der Waals surface area contributed by atoms with Gasteiger partial charge in [-0.2, -0.15) is 0 Å². The molecule has 0 radical (unpaired) electrons. The molecule has 3 rings (SSSR count). The molecule has 128 valence electrons. The second kappa shape index (κ2) is 6.47. The second-order valence-corrected chi connectivity index (χ2v) is 7.03. The minimum absolute atomic E-state index is 0.0493. The van der Waals surface area contributed by atoms with E-state index in [0.29, 0.717) is 25.3 Å². The molecule has 1 atom stereocenters. The Morgan fingerprint density at radius 2 is 2.09 bits per heavy atom. The topological polar surface area (TPSA) is 87.7 Å². The Morgan fingerprint density at radius 1 is 1.35 bits per heavy atom. The van der Waals surface area contributed by atoms with E-state index in [2.05, 4.69) is 17.6 Å². The molecule has 4 amide bonds. The number of carbonyl (C=O) groups excluding carboxylic acids is 3. The van der Waals surface area contributed by atoms with Crippen LogP contribution in [-0.4, -0.2) is 54.1 Å².